The molecule has 3 aromatic rings. The second-order valence-corrected chi connectivity index (χ2v) is 8.24. The quantitative estimate of drug-likeness (QED) is 0.653. The van der Waals surface area contributed by atoms with Gasteiger partial charge < -0.3 is 9.88 Å². The fourth-order valence-corrected chi connectivity index (χ4v) is 3.75. The van der Waals surface area contributed by atoms with Gasteiger partial charge in [0, 0.05) is 24.5 Å². The van der Waals surface area contributed by atoms with Gasteiger partial charge in [-0.15, -0.1) is 0 Å². The minimum atomic E-state index is -3.54. The van der Waals surface area contributed by atoms with E-state index in [9.17, 15) is 8.42 Å². The van der Waals surface area contributed by atoms with Crippen molar-refractivity contribution in [2.24, 2.45) is 7.05 Å². The minimum Gasteiger partial charge on any atom is -0.378 e. The first-order valence-corrected chi connectivity index (χ1v) is 10.3. The summed E-state index contributed by atoms with van der Waals surface area (Å²) in [5, 5.41) is 3.55. The van der Waals surface area contributed by atoms with Crippen molar-refractivity contribution in [3.8, 4) is 11.3 Å². The van der Waals surface area contributed by atoms with E-state index in [4.69, 9.17) is 0 Å². The SMILES string of the molecule is CC[C@@H](Nc1ccc(S(=O)(=O)NC)cc1-c1cn(C)cn1)c1ccccc1. The van der Waals surface area contributed by atoms with E-state index in [1.165, 1.54) is 12.6 Å². The Morgan fingerprint density at radius 1 is 1.15 bits per heavy atom. The summed E-state index contributed by atoms with van der Waals surface area (Å²) >= 11 is 0. The van der Waals surface area contributed by atoms with Gasteiger partial charge in [0.2, 0.25) is 10.0 Å². The van der Waals surface area contributed by atoms with E-state index in [1.54, 1.807) is 24.5 Å². The monoisotopic (exact) mass is 384 g/mol. The van der Waals surface area contributed by atoms with Gasteiger partial charge in [0.25, 0.3) is 0 Å². The number of rotatable bonds is 7. The summed E-state index contributed by atoms with van der Waals surface area (Å²) in [6.07, 6.45) is 4.47. The molecule has 2 aromatic carbocycles. The van der Waals surface area contributed by atoms with Gasteiger partial charge in [0.05, 0.1) is 23.0 Å². The van der Waals surface area contributed by atoms with Crippen molar-refractivity contribution >= 4 is 15.7 Å². The summed E-state index contributed by atoms with van der Waals surface area (Å²) in [5.41, 5.74) is 3.50. The zero-order valence-corrected chi connectivity index (χ0v) is 16.5. The number of benzene rings is 2. The fourth-order valence-electron chi connectivity index (χ4n) is 2.99. The average molecular weight is 385 g/mol. The van der Waals surface area contributed by atoms with Crippen LogP contribution in [0.3, 0.4) is 0 Å². The number of anilines is 1. The summed E-state index contributed by atoms with van der Waals surface area (Å²) in [4.78, 5) is 4.62. The Labute approximate surface area is 160 Å². The van der Waals surface area contributed by atoms with Crippen LogP contribution in [0.5, 0.6) is 0 Å². The summed E-state index contributed by atoms with van der Waals surface area (Å²) in [6, 6.07) is 15.4. The number of aryl methyl sites for hydroxylation is 1. The van der Waals surface area contributed by atoms with Crippen LogP contribution >= 0.6 is 0 Å². The van der Waals surface area contributed by atoms with Crippen LogP contribution in [0.2, 0.25) is 0 Å². The molecular formula is C20H24N4O2S. The Balaban J connectivity index is 2.06. The normalized spacial score (nSPS) is 12.7. The second kappa shape index (κ2) is 7.94. The number of sulfonamides is 1. The lowest BCUT2D eigenvalue weighted by Gasteiger charge is -2.21. The van der Waals surface area contributed by atoms with Crippen LogP contribution < -0.4 is 10.0 Å². The van der Waals surface area contributed by atoms with Crippen molar-refractivity contribution in [2.75, 3.05) is 12.4 Å². The highest BCUT2D eigenvalue weighted by Gasteiger charge is 2.18. The highest BCUT2D eigenvalue weighted by molar-refractivity contribution is 7.89. The van der Waals surface area contributed by atoms with E-state index in [0.717, 1.165) is 23.4 Å². The first-order chi connectivity index (χ1) is 12.9. The maximum atomic E-state index is 12.2. The second-order valence-electron chi connectivity index (χ2n) is 6.36. The lowest BCUT2D eigenvalue weighted by Crippen LogP contribution is -2.19. The Hall–Kier alpha value is -2.64. The predicted octanol–water partition coefficient (Wildman–Crippen LogP) is 3.56. The van der Waals surface area contributed by atoms with E-state index in [0.29, 0.717) is 0 Å². The van der Waals surface area contributed by atoms with Crippen LogP contribution in [0.25, 0.3) is 11.3 Å². The van der Waals surface area contributed by atoms with Crippen molar-refractivity contribution < 1.29 is 8.42 Å². The topological polar surface area (TPSA) is 76.0 Å². The van der Waals surface area contributed by atoms with Gasteiger partial charge in [-0.2, -0.15) is 0 Å². The summed E-state index contributed by atoms with van der Waals surface area (Å²) in [7, 11) is -0.244. The summed E-state index contributed by atoms with van der Waals surface area (Å²) in [5.74, 6) is 0. The highest BCUT2D eigenvalue weighted by Crippen LogP contribution is 2.33. The van der Waals surface area contributed by atoms with Crippen LogP contribution in [0, 0.1) is 0 Å². The number of aromatic nitrogens is 2. The van der Waals surface area contributed by atoms with Crippen LogP contribution in [0.1, 0.15) is 24.9 Å². The fraction of sp³-hybridized carbons (Fsp3) is 0.250. The maximum absolute atomic E-state index is 12.2. The van der Waals surface area contributed by atoms with Gasteiger partial charge in [0.1, 0.15) is 0 Å². The molecule has 27 heavy (non-hydrogen) atoms. The van der Waals surface area contributed by atoms with Crippen molar-refractivity contribution in [2.45, 2.75) is 24.3 Å². The molecule has 0 radical (unpaired) electrons. The standard InChI is InChI=1S/C20H24N4O2S/c1-4-18(15-8-6-5-7-9-15)23-19-11-10-16(27(25,26)21-2)12-17(19)20-13-24(3)14-22-20/h5-14,18,21,23H,4H2,1-3H3/t18-/m1/s1. The molecule has 1 atom stereocenters. The summed E-state index contributed by atoms with van der Waals surface area (Å²) < 4.78 is 28.7. The van der Waals surface area contributed by atoms with Crippen LogP contribution in [-0.4, -0.2) is 25.0 Å². The van der Waals surface area contributed by atoms with E-state index in [-0.39, 0.29) is 10.9 Å². The van der Waals surface area contributed by atoms with Crippen LogP contribution in [0.15, 0.2) is 66.0 Å². The Morgan fingerprint density at radius 3 is 2.48 bits per heavy atom. The maximum Gasteiger partial charge on any atom is 0.240 e. The highest BCUT2D eigenvalue weighted by atomic mass is 32.2. The smallest absolute Gasteiger partial charge is 0.240 e. The van der Waals surface area contributed by atoms with Crippen molar-refractivity contribution in [1.29, 1.82) is 0 Å². The van der Waals surface area contributed by atoms with Gasteiger partial charge in [-0.1, -0.05) is 37.3 Å². The largest absolute Gasteiger partial charge is 0.378 e. The van der Waals surface area contributed by atoms with Crippen LogP contribution in [-0.2, 0) is 17.1 Å². The molecular weight excluding hydrogens is 360 g/mol. The molecule has 0 amide bonds. The molecule has 0 aliphatic carbocycles. The third kappa shape index (κ3) is 4.20. The molecule has 1 aromatic heterocycles. The molecule has 0 bridgehead atoms. The number of nitrogens with zero attached hydrogens (tertiary/aromatic N) is 2. The Kier molecular flexibility index (Phi) is 5.62. The third-order valence-corrected chi connectivity index (χ3v) is 5.90. The molecule has 7 heteroatoms. The predicted molar refractivity (Wildman–Crippen MR) is 108 cm³/mol. The van der Waals surface area contributed by atoms with Gasteiger partial charge in [-0.05, 0) is 37.2 Å². The average Bonchev–Trinajstić information content (AvgIpc) is 3.13. The number of nitrogens with one attached hydrogen (secondary N) is 2. The Bertz CT molecular complexity index is 1010. The van der Waals surface area contributed by atoms with Crippen molar-refractivity contribution in [3.63, 3.8) is 0 Å². The Morgan fingerprint density at radius 2 is 1.89 bits per heavy atom. The zero-order valence-electron chi connectivity index (χ0n) is 15.7. The van der Waals surface area contributed by atoms with Crippen LogP contribution in [0.4, 0.5) is 5.69 Å². The number of imidazole rings is 1. The van der Waals surface area contributed by atoms with E-state index in [1.807, 2.05) is 36.0 Å². The van der Waals surface area contributed by atoms with E-state index >= 15 is 0 Å². The first kappa shape index (κ1) is 19.1. The molecule has 0 fully saturated rings. The minimum absolute atomic E-state index is 0.111. The van der Waals surface area contributed by atoms with E-state index < -0.39 is 10.0 Å². The zero-order chi connectivity index (χ0) is 19.4. The first-order valence-electron chi connectivity index (χ1n) is 8.82. The molecule has 2 N–H and O–H groups in total. The van der Waals surface area contributed by atoms with E-state index in [2.05, 4.69) is 34.1 Å². The number of hydrogen-bond acceptors (Lipinski definition) is 4. The molecule has 0 saturated heterocycles. The van der Waals surface area contributed by atoms with Gasteiger partial charge in [-0.25, -0.2) is 18.1 Å². The molecule has 6 nitrogen and oxygen atoms in total. The van der Waals surface area contributed by atoms with Gasteiger partial charge >= 0.3 is 0 Å². The summed E-state index contributed by atoms with van der Waals surface area (Å²) in [6.45, 7) is 2.12. The van der Waals surface area contributed by atoms with Gasteiger partial charge in [0.15, 0.2) is 0 Å². The molecule has 0 aliphatic heterocycles. The molecule has 142 valence electrons. The lowest BCUT2D eigenvalue weighted by molar-refractivity contribution is 0.588. The molecule has 1 heterocycles. The molecule has 3 rings (SSSR count). The molecule has 0 spiro atoms. The third-order valence-electron chi connectivity index (χ3n) is 4.49. The molecule has 0 aliphatic rings. The molecule has 0 unspecified atom stereocenters. The van der Waals surface area contributed by atoms with Crippen molar-refractivity contribution in [1.82, 2.24) is 14.3 Å². The van der Waals surface area contributed by atoms with Crippen molar-refractivity contribution in [3.05, 3.63) is 66.6 Å². The number of hydrogen-bond donors (Lipinski definition) is 2. The molecule has 0 saturated carbocycles. The van der Waals surface area contributed by atoms with Gasteiger partial charge in [-0.3, -0.25) is 0 Å². The lowest BCUT2D eigenvalue weighted by atomic mass is 10.0.